The molecule has 154 valence electrons. The van der Waals surface area contributed by atoms with Crippen LogP contribution in [0.1, 0.15) is 24.3 Å². The molecule has 4 rings (SSSR count). The van der Waals surface area contributed by atoms with Crippen molar-refractivity contribution >= 4 is 5.97 Å². The van der Waals surface area contributed by atoms with Crippen molar-refractivity contribution in [1.29, 1.82) is 0 Å². The number of ether oxygens (including phenoxy) is 5. The van der Waals surface area contributed by atoms with E-state index < -0.39 is 43.0 Å². The predicted molar refractivity (Wildman–Crippen MR) is 101 cm³/mol. The standard InChI is InChI=1S/C22H24O7/c1-14(23)27-20-18(24)22(25-12-15-8-4-2-5-9-15)28-17-13-26-21(29-19(17)20)16-10-6-3-7-11-16/h2-11,17-22,24H,12-13H2,1H3/t17-,18-,19-,20-,21?,22-/m1/s1. The Morgan fingerprint density at radius 2 is 1.76 bits per heavy atom. The maximum absolute atomic E-state index is 11.7. The van der Waals surface area contributed by atoms with Gasteiger partial charge in [0.05, 0.1) is 13.2 Å². The van der Waals surface area contributed by atoms with Crippen molar-refractivity contribution in [3.63, 3.8) is 0 Å². The minimum absolute atomic E-state index is 0.222. The van der Waals surface area contributed by atoms with Crippen LogP contribution in [-0.2, 0) is 35.1 Å². The lowest BCUT2D eigenvalue weighted by Crippen LogP contribution is -2.63. The Morgan fingerprint density at radius 3 is 2.45 bits per heavy atom. The van der Waals surface area contributed by atoms with E-state index in [2.05, 4.69) is 0 Å². The summed E-state index contributed by atoms with van der Waals surface area (Å²) in [5.74, 6) is -0.511. The zero-order valence-electron chi connectivity index (χ0n) is 16.0. The van der Waals surface area contributed by atoms with Gasteiger partial charge in [0.25, 0.3) is 0 Å². The molecule has 1 N–H and O–H groups in total. The fraction of sp³-hybridized carbons (Fsp3) is 0.409. The van der Waals surface area contributed by atoms with E-state index in [4.69, 9.17) is 23.7 Å². The van der Waals surface area contributed by atoms with E-state index in [0.717, 1.165) is 11.1 Å². The lowest BCUT2D eigenvalue weighted by Gasteiger charge is -2.47. The van der Waals surface area contributed by atoms with Crippen molar-refractivity contribution in [2.24, 2.45) is 0 Å². The normalized spacial score (nSPS) is 31.7. The number of benzene rings is 2. The molecule has 0 aromatic heterocycles. The van der Waals surface area contributed by atoms with Crippen molar-refractivity contribution < 1.29 is 33.6 Å². The highest BCUT2D eigenvalue weighted by Crippen LogP contribution is 2.35. The first-order valence-electron chi connectivity index (χ1n) is 9.60. The summed E-state index contributed by atoms with van der Waals surface area (Å²) in [7, 11) is 0. The van der Waals surface area contributed by atoms with Gasteiger partial charge in [-0.25, -0.2) is 0 Å². The Balaban J connectivity index is 1.48. The Morgan fingerprint density at radius 1 is 1.07 bits per heavy atom. The minimum Gasteiger partial charge on any atom is -0.457 e. The van der Waals surface area contributed by atoms with Crippen molar-refractivity contribution in [2.75, 3.05) is 6.61 Å². The fourth-order valence-electron chi connectivity index (χ4n) is 3.56. The molecule has 2 saturated heterocycles. The summed E-state index contributed by atoms with van der Waals surface area (Å²) in [4.78, 5) is 11.7. The average Bonchev–Trinajstić information content (AvgIpc) is 2.75. The highest BCUT2D eigenvalue weighted by atomic mass is 16.8. The molecule has 0 aliphatic carbocycles. The molecule has 2 aliphatic heterocycles. The van der Waals surface area contributed by atoms with Gasteiger partial charge in [-0.15, -0.1) is 0 Å². The summed E-state index contributed by atoms with van der Waals surface area (Å²) in [6.07, 6.45) is -4.94. The number of carbonyl (C=O) groups is 1. The molecule has 29 heavy (non-hydrogen) atoms. The van der Waals surface area contributed by atoms with Crippen LogP contribution in [0.5, 0.6) is 0 Å². The lowest BCUT2D eigenvalue weighted by molar-refractivity contribution is -0.363. The molecule has 7 nitrogen and oxygen atoms in total. The first-order chi connectivity index (χ1) is 14.1. The number of esters is 1. The van der Waals surface area contributed by atoms with Crippen LogP contribution in [0, 0.1) is 0 Å². The summed E-state index contributed by atoms with van der Waals surface area (Å²) in [5.41, 5.74) is 1.78. The topological polar surface area (TPSA) is 83.5 Å². The molecule has 2 aliphatic rings. The summed E-state index contributed by atoms with van der Waals surface area (Å²) in [6.45, 7) is 1.77. The molecular weight excluding hydrogens is 376 g/mol. The number of rotatable bonds is 5. The van der Waals surface area contributed by atoms with Crippen molar-refractivity contribution in [2.45, 2.75) is 50.5 Å². The molecular formula is C22H24O7. The molecule has 2 fully saturated rings. The van der Waals surface area contributed by atoms with Gasteiger partial charge in [0, 0.05) is 12.5 Å². The second-order valence-corrected chi connectivity index (χ2v) is 7.08. The van der Waals surface area contributed by atoms with E-state index in [1.165, 1.54) is 6.92 Å². The molecule has 0 amide bonds. The van der Waals surface area contributed by atoms with E-state index in [0.29, 0.717) is 0 Å². The number of fused-ring (bicyclic) bond motifs is 1. The van der Waals surface area contributed by atoms with Crippen LogP contribution in [0.15, 0.2) is 60.7 Å². The maximum Gasteiger partial charge on any atom is 0.303 e. The summed E-state index contributed by atoms with van der Waals surface area (Å²) in [5, 5.41) is 10.8. The van der Waals surface area contributed by atoms with Gasteiger partial charge < -0.3 is 28.8 Å². The SMILES string of the molecule is CC(=O)O[C@@H]1[C@@H](O)[C@H](OCc2ccccc2)O[C@@H]2COC(c3ccccc3)O[C@@H]12. The third-order valence-corrected chi connectivity index (χ3v) is 4.94. The first kappa shape index (κ1) is 20.0. The van der Waals surface area contributed by atoms with Gasteiger partial charge in [-0.2, -0.15) is 0 Å². The average molecular weight is 400 g/mol. The largest absolute Gasteiger partial charge is 0.457 e. The number of aliphatic hydroxyl groups excluding tert-OH is 1. The van der Waals surface area contributed by atoms with Crippen LogP contribution in [0.25, 0.3) is 0 Å². The number of aliphatic hydroxyl groups is 1. The zero-order chi connectivity index (χ0) is 20.2. The zero-order valence-corrected chi connectivity index (χ0v) is 16.0. The minimum atomic E-state index is -1.20. The Hall–Kier alpha value is -2.29. The van der Waals surface area contributed by atoms with Crippen LogP contribution in [-0.4, -0.2) is 48.4 Å². The van der Waals surface area contributed by atoms with E-state index in [1.54, 1.807) is 0 Å². The van der Waals surface area contributed by atoms with Crippen LogP contribution in [0.3, 0.4) is 0 Å². The quantitative estimate of drug-likeness (QED) is 0.772. The van der Waals surface area contributed by atoms with E-state index in [9.17, 15) is 9.90 Å². The Bertz CT molecular complexity index is 797. The maximum atomic E-state index is 11.7. The third kappa shape index (κ3) is 4.66. The van der Waals surface area contributed by atoms with Gasteiger partial charge in [0.1, 0.15) is 18.3 Å². The summed E-state index contributed by atoms with van der Waals surface area (Å²) >= 11 is 0. The molecule has 6 atom stereocenters. The highest BCUT2D eigenvalue weighted by molar-refractivity contribution is 5.66. The monoisotopic (exact) mass is 400 g/mol. The molecule has 1 unspecified atom stereocenters. The number of hydrogen-bond donors (Lipinski definition) is 1. The molecule has 7 heteroatoms. The van der Waals surface area contributed by atoms with Gasteiger partial charge >= 0.3 is 5.97 Å². The van der Waals surface area contributed by atoms with Crippen LogP contribution >= 0.6 is 0 Å². The predicted octanol–water partition coefficient (Wildman–Crippen LogP) is 2.33. The summed E-state index contributed by atoms with van der Waals surface area (Å²) < 4.78 is 28.9. The molecule has 2 heterocycles. The van der Waals surface area contributed by atoms with Gasteiger partial charge in [0.15, 0.2) is 18.7 Å². The van der Waals surface area contributed by atoms with E-state index in [-0.39, 0.29) is 13.2 Å². The molecule has 0 radical (unpaired) electrons. The van der Waals surface area contributed by atoms with Crippen molar-refractivity contribution in [1.82, 2.24) is 0 Å². The van der Waals surface area contributed by atoms with Gasteiger partial charge in [-0.1, -0.05) is 60.7 Å². The van der Waals surface area contributed by atoms with Crippen molar-refractivity contribution in [3.8, 4) is 0 Å². The second-order valence-electron chi connectivity index (χ2n) is 7.08. The van der Waals surface area contributed by atoms with Gasteiger partial charge in [0.2, 0.25) is 0 Å². The molecule has 2 aromatic carbocycles. The van der Waals surface area contributed by atoms with Crippen molar-refractivity contribution in [3.05, 3.63) is 71.8 Å². The molecule has 0 saturated carbocycles. The van der Waals surface area contributed by atoms with E-state index >= 15 is 0 Å². The third-order valence-electron chi connectivity index (χ3n) is 4.94. The van der Waals surface area contributed by atoms with Crippen LogP contribution in [0.4, 0.5) is 0 Å². The Labute approximate surface area is 169 Å². The molecule has 0 spiro atoms. The molecule has 2 aromatic rings. The summed E-state index contributed by atoms with van der Waals surface area (Å²) in [6, 6.07) is 19.0. The first-order valence-corrected chi connectivity index (χ1v) is 9.60. The number of carbonyl (C=O) groups excluding carboxylic acids is 1. The number of hydrogen-bond acceptors (Lipinski definition) is 7. The lowest BCUT2D eigenvalue weighted by atomic mass is 9.97. The van der Waals surface area contributed by atoms with Gasteiger partial charge in [-0.05, 0) is 5.56 Å². The van der Waals surface area contributed by atoms with Gasteiger partial charge in [-0.3, -0.25) is 4.79 Å². The Kier molecular flexibility index (Phi) is 6.22. The fourth-order valence-corrected chi connectivity index (χ4v) is 3.56. The van der Waals surface area contributed by atoms with Crippen LogP contribution < -0.4 is 0 Å². The van der Waals surface area contributed by atoms with E-state index in [1.807, 2.05) is 60.7 Å². The second kappa shape index (κ2) is 9.02. The van der Waals surface area contributed by atoms with Crippen LogP contribution in [0.2, 0.25) is 0 Å². The molecule has 0 bridgehead atoms. The highest BCUT2D eigenvalue weighted by Gasteiger charge is 2.51. The smallest absolute Gasteiger partial charge is 0.303 e.